The Morgan fingerprint density at radius 3 is 2.41 bits per heavy atom. The van der Waals surface area contributed by atoms with Gasteiger partial charge in [0.2, 0.25) is 0 Å². The molecule has 5 aliphatic rings. The van der Waals surface area contributed by atoms with E-state index in [1.807, 2.05) is 37.3 Å². The highest BCUT2D eigenvalue weighted by molar-refractivity contribution is 5.96. The lowest BCUT2D eigenvalue weighted by Gasteiger charge is -2.60. The standard InChI is InChI=1S/C38H52N2O9/c1-23-5-12-30-37(2,14-13-31(38(30,3)22-42)49-36-34(45)33(44)32(43)29(21-41)48-36)28(23)11-8-25-20-27(47-35(25)46)19-24-6-9-26(10-7-24)40-17-15-39(4)16-18-40/h6-11,19-20,28-34,36,41-45H,1,5,12-18,21-22H2,2-4H3/t28?,29?,30?,31-,32?,33?,34?,36?,37-,38+/m1/s1. The van der Waals surface area contributed by atoms with Gasteiger partial charge in [-0.15, -0.1) is 0 Å². The van der Waals surface area contributed by atoms with Crippen LogP contribution in [-0.4, -0.2) is 120 Å². The lowest BCUT2D eigenvalue weighted by Crippen LogP contribution is -2.63. The van der Waals surface area contributed by atoms with Crippen LogP contribution >= 0.6 is 0 Å². The van der Waals surface area contributed by atoms with Crippen LogP contribution in [0.5, 0.6) is 0 Å². The van der Waals surface area contributed by atoms with Gasteiger partial charge in [-0.25, -0.2) is 4.79 Å². The van der Waals surface area contributed by atoms with Gasteiger partial charge in [-0.2, -0.15) is 0 Å². The third-order valence-corrected chi connectivity index (χ3v) is 11.9. The van der Waals surface area contributed by atoms with E-state index in [9.17, 15) is 30.3 Å². The molecule has 10 atom stereocenters. The van der Waals surface area contributed by atoms with E-state index in [2.05, 4.69) is 42.5 Å². The number of fused-ring (bicyclic) bond motifs is 1. The van der Waals surface area contributed by atoms with Crippen LogP contribution in [0.3, 0.4) is 0 Å². The fourth-order valence-corrected chi connectivity index (χ4v) is 8.85. The summed E-state index contributed by atoms with van der Waals surface area (Å²) >= 11 is 0. The largest absolute Gasteiger partial charge is 0.423 e. The Morgan fingerprint density at radius 2 is 1.73 bits per heavy atom. The normalized spacial score (nSPS) is 39.7. The molecule has 268 valence electrons. The summed E-state index contributed by atoms with van der Waals surface area (Å²) < 4.78 is 17.6. The zero-order valence-electron chi connectivity index (χ0n) is 28.8. The van der Waals surface area contributed by atoms with Crippen LogP contribution in [0.2, 0.25) is 0 Å². The summed E-state index contributed by atoms with van der Waals surface area (Å²) in [7, 11) is 2.14. The number of aliphatic hydroxyl groups is 5. The molecular weight excluding hydrogens is 628 g/mol. The molecule has 2 saturated heterocycles. The van der Waals surface area contributed by atoms with Crippen molar-refractivity contribution in [3.63, 3.8) is 0 Å². The molecule has 0 radical (unpaired) electrons. The van der Waals surface area contributed by atoms with E-state index in [-0.39, 0.29) is 23.9 Å². The summed E-state index contributed by atoms with van der Waals surface area (Å²) in [4.78, 5) is 17.6. The average molecular weight is 681 g/mol. The van der Waals surface area contributed by atoms with Gasteiger partial charge in [0.1, 0.15) is 30.2 Å². The monoisotopic (exact) mass is 680 g/mol. The van der Waals surface area contributed by atoms with Crippen LogP contribution in [0.25, 0.3) is 6.08 Å². The van der Waals surface area contributed by atoms with E-state index in [4.69, 9.17) is 14.2 Å². The van der Waals surface area contributed by atoms with Crippen LogP contribution in [0, 0.1) is 22.7 Å². The van der Waals surface area contributed by atoms with Gasteiger partial charge in [0.15, 0.2) is 6.29 Å². The number of anilines is 1. The number of aliphatic hydroxyl groups excluding tert-OH is 5. The molecule has 3 heterocycles. The first kappa shape index (κ1) is 35.9. The Morgan fingerprint density at radius 1 is 1.02 bits per heavy atom. The van der Waals surface area contributed by atoms with Crippen molar-refractivity contribution < 1.29 is 44.5 Å². The van der Waals surface area contributed by atoms with Crippen LogP contribution < -0.4 is 4.90 Å². The maximum Gasteiger partial charge on any atom is 0.343 e. The maximum absolute atomic E-state index is 12.9. The number of esters is 1. The smallest absolute Gasteiger partial charge is 0.343 e. The lowest BCUT2D eigenvalue weighted by atomic mass is 9.46. The summed E-state index contributed by atoms with van der Waals surface area (Å²) in [6.45, 7) is 11.9. The number of cyclic esters (lactones) is 1. The highest BCUT2D eigenvalue weighted by atomic mass is 16.7. The minimum absolute atomic E-state index is 0.0115. The Labute approximate surface area is 288 Å². The van der Waals surface area contributed by atoms with Gasteiger partial charge in [0, 0.05) is 43.2 Å². The second-order valence-corrected chi connectivity index (χ2v) is 15.0. The van der Waals surface area contributed by atoms with Gasteiger partial charge in [0.25, 0.3) is 0 Å². The predicted molar refractivity (Wildman–Crippen MR) is 184 cm³/mol. The maximum atomic E-state index is 12.9. The van der Waals surface area contributed by atoms with Gasteiger partial charge in [-0.05, 0) is 73.9 Å². The first-order chi connectivity index (χ1) is 23.4. The Balaban J connectivity index is 1.16. The summed E-state index contributed by atoms with van der Waals surface area (Å²) in [5, 5.41) is 51.7. The average Bonchev–Trinajstić information content (AvgIpc) is 3.44. The molecule has 5 N–H and O–H groups in total. The molecule has 1 aromatic rings. The fraction of sp³-hybridized carbons (Fsp3) is 0.605. The topological polar surface area (TPSA) is 152 Å². The number of rotatable bonds is 8. The van der Waals surface area contributed by atoms with Crippen molar-refractivity contribution in [2.45, 2.75) is 76.3 Å². The van der Waals surface area contributed by atoms with E-state index >= 15 is 0 Å². The highest BCUT2D eigenvalue weighted by Crippen LogP contribution is 2.62. The van der Waals surface area contributed by atoms with Crippen molar-refractivity contribution in [1.82, 2.24) is 4.90 Å². The SMILES string of the molecule is C=C1CCC2[C@](C)(CC[C@@H](OC3OC(CO)C(O)C(O)C3O)[C@@]2(C)CO)C1C=CC1=CC(=Cc2ccc(N3CCN(C)CC3)cc2)OC1=O. The van der Waals surface area contributed by atoms with Gasteiger partial charge in [-0.3, -0.25) is 0 Å². The molecule has 0 amide bonds. The van der Waals surface area contributed by atoms with Crippen LogP contribution in [0.1, 0.15) is 45.1 Å². The van der Waals surface area contributed by atoms with E-state index in [0.717, 1.165) is 50.2 Å². The van der Waals surface area contributed by atoms with Crippen LogP contribution in [-0.2, 0) is 19.0 Å². The van der Waals surface area contributed by atoms with E-state index in [1.165, 1.54) is 5.69 Å². The molecular formula is C38H52N2O9. The molecule has 49 heavy (non-hydrogen) atoms. The minimum atomic E-state index is -1.54. The molecule has 11 nitrogen and oxygen atoms in total. The van der Waals surface area contributed by atoms with Crippen molar-refractivity contribution in [1.29, 1.82) is 0 Å². The van der Waals surface area contributed by atoms with Crippen molar-refractivity contribution in [3.8, 4) is 0 Å². The molecule has 0 aromatic heterocycles. The van der Waals surface area contributed by atoms with Crippen molar-refractivity contribution in [3.05, 3.63) is 71.5 Å². The van der Waals surface area contributed by atoms with E-state index in [0.29, 0.717) is 24.2 Å². The molecule has 2 aliphatic carbocycles. The number of likely N-dealkylation sites (N-methyl/N-ethyl adjacent to an activating group) is 1. The third kappa shape index (κ3) is 6.92. The lowest BCUT2D eigenvalue weighted by molar-refractivity contribution is -0.329. The van der Waals surface area contributed by atoms with Gasteiger partial charge in [-0.1, -0.05) is 50.3 Å². The Bertz CT molecular complexity index is 1470. The zero-order valence-corrected chi connectivity index (χ0v) is 28.8. The third-order valence-electron chi connectivity index (χ3n) is 11.9. The summed E-state index contributed by atoms with van der Waals surface area (Å²) in [6, 6.07) is 8.29. The quantitative estimate of drug-likeness (QED) is 0.156. The molecule has 1 aromatic carbocycles. The number of ether oxygens (including phenoxy) is 3. The second-order valence-electron chi connectivity index (χ2n) is 15.0. The van der Waals surface area contributed by atoms with Gasteiger partial charge in [0.05, 0.1) is 24.9 Å². The number of hydrogen-bond donors (Lipinski definition) is 5. The minimum Gasteiger partial charge on any atom is -0.423 e. The number of nitrogens with zero attached hydrogens (tertiary/aromatic N) is 2. The molecule has 3 aliphatic heterocycles. The van der Waals surface area contributed by atoms with Crippen molar-refractivity contribution in [2.24, 2.45) is 22.7 Å². The van der Waals surface area contributed by atoms with Gasteiger partial charge < -0.3 is 49.5 Å². The predicted octanol–water partition coefficient (Wildman–Crippen LogP) is 2.38. The summed E-state index contributed by atoms with van der Waals surface area (Å²) in [5.41, 5.74) is 2.61. The summed E-state index contributed by atoms with van der Waals surface area (Å²) in [6.07, 6.45) is 2.84. The first-order valence-corrected chi connectivity index (χ1v) is 17.5. The molecule has 4 fully saturated rings. The van der Waals surface area contributed by atoms with E-state index < -0.39 is 54.8 Å². The summed E-state index contributed by atoms with van der Waals surface area (Å²) in [5.74, 6) is -0.00414. The second kappa shape index (κ2) is 14.4. The fourth-order valence-electron chi connectivity index (χ4n) is 8.85. The number of carbonyl (C=O) groups excluding carboxylic acids is 1. The zero-order chi connectivity index (χ0) is 35.1. The van der Waals surface area contributed by atoms with Gasteiger partial charge >= 0.3 is 5.97 Å². The van der Waals surface area contributed by atoms with Crippen LogP contribution in [0.15, 0.2) is 66.0 Å². The number of piperazine rings is 1. The number of hydrogen-bond acceptors (Lipinski definition) is 11. The van der Waals surface area contributed by atoms with Crippen molar-refractivity contribution >= 4 is 17.7 Å². The number of benzene rings is 1. The number of carbonyl (C=O) groups is 1. The Kier molecular flexibility index (Phi) is 10.6. The molecule has 11 heteroatoms. The molecule has 0 bridgehead atoms. The Hall–Kier alpha value is -2.87. The van der Waals surface area contributed by atoms with Crippen LogP contribution in [0.4, 0.5) is 5.69 Å². The number of allylic oxidation sites excluding steroid dienone is 3. The highest BCUT2D eigenvalue weighted by Gasteiger charge is 2.59. The first-order valence-electron chi connectivity index (χ1n) is 17.5. The molecule has 6 rings (SSSR count). The molecule has 0 spiro atoms. The van der Waals surface area contributed by atoms with E-state index in [1.54, 1.807) is 6.08 Å². The van der Waals surface area contributed by atoms with Crippen molar-refractivity contribution in [2.75, 3.05) is 51.3 Å². The molecule has 2 saturated carbocycles. The molecule has 7 unspecified atom stereocenters.